The first-order valence-electron chi connectivity index (χ1n) is 7.86. The average Bonchev–Trinajstić information content (AvgIpc) is 3.04. The van der Waals surface area contributed by atoms with E-state index in [9.17, 15) is 4.79 Å². The Labute approximate surface area is 145 Å². The van der Waals surface area contributed by atoms with Crippen LogP contribution in [0.15, 0.2) is 72.0 Å². The maximum absolute atomic E-state index is 12.1. The van der Waals surface area contributed by atoms with Gasteiger partial charge in [-0.25, -0.2) is 4.98 Å². The SMILES string of the molecule is CCn1c(-c2ccccc2)cnc1SCC(=O)Nc1ccccc1. The van der Waals surface area contributed by atoms with Crippen molar-refractivity contribution in [3.8, 4) is 11.3 Å². The van der Waals surface area contributed by atoms with Crippen LogP contribution in [0.4, 0.5) is 5.69 Å². The second-order valence-electron chi connectivity index (χ2n) is 5.24. The van der Waals surface area contributed by atoms with E-state index in [0.29, 0.717) is 5.75 Å². The number of nitrogens with zero attached hydrogens (tertiary/aromatic N) is 2. The summed E-state index contributed by atoms with van der Waals surface area (Å²) in [5.41, 5.74) is 3.02. The van der Waals surface area contributed by atoms with Crippen LogP contribution in [0, 0.1) is 0 Å². The maximum Gasteiger partial charge on any atom is 0.234 e. The van der Waals surface area contributed by atoms with Gasteiger partial charge in [-0.1, -0.05) is 60.3 Å². The lowest BCUT2D eigenvalue weighted by molar-refractivity contribution is -0.113. The first-order chi connectivity index (χ1) is 11.8. The van der Waals surface area contributed by atoms with E-state index in [-0.39, 0.29) is 5.91 Å². The monoisotopic (exact) mass is 337 g/mol. The van der Waals surface area contributed by atoms with E-state index in [1.807, 2.05) is 54.7 Å². The van der Waals surface area contributed by atoms with Gasteiger partial charge in [0.2, 0.25) is 5.91 Å². The van der Waals surface area contributed by atoms with Gasteiger partial charge in [0.1, 0.15) is 0 Å². The number of rotatable bonds is 6. The summed E-state index contributed by atoms with van der Waals surface area (Å²) in [5, 5.41) is 3.75. The molecule has 1 aromatic heterocycles. The smallest absolute Gasteiger partial charge is 0.234 e. The minimum Gasteiger partial charge on any atom is -0.325 e. The van der Waals surface area contributed by atoms with Gasteiger partial charge >= 0.3 is 0 Å². The van der Waals surface area contributed by atoms with Crippen molar-refractivity contribution < 1.29 is 4.79 Å². The third-order valence-electron chi connectivity index (χ3n) is 3.59. The van der Waals surface area contributed by atoms with E-state index in [1.165, 1.54) is 11.8 Å². The van der Waals surface area contributed by atoms with Crippen molar-refractivity contribution in [2.24, 2.45) is 0 Å². The molecule has 0 aliphatic rings. The Kier molecular flexibility index (Phi) is 5.33. The Morgan fingerprint density at radius 2 is 1.75 bits per heavy atom. The molecule has 3 rings (SSSR count). The molecule has 4 nitrogen and oxygen atoms in total. The van der Waals surface area contributed by atoms with Crippen molar-refractivity contribution in [1.29, 1.82) is 0 Å². The van der Waals surface area contributed by atoms with Gasteiger partial charge in [0.05, 0.1) is 17.6 Å². The third kappa shape index (κ3) is 3.86. The predicted octanol–water partition coefficient (Wildman–Crippen LogP) is 4.30. The Bertz CT molecular complexity index is 800. The van der Waals surface area contributed by atoms with Crippen molar-refractivity contribution in [3.05, 3.63) is 66.9 Å². The molecule has 0 unspecified atom stereocenters. The van der Waals surface area contributed by atoms with Crippen LogP contribution >= 0.6 is 11.8 Å². The van der Waals surface area contributed by atoms with Crippen LogP contribution in [0.2, 0.25) is 0 Å². The number of nitrogens with one attached hydrogen (secondary N) is 1. The number of aromatic nitrogens is 2. The van der Waals surface area contributed by atoms with E-state index in [4.69, 9.17) is 0 Å². The minimum atomic E-state index is -0.0295. The molecule has 0 atom stereocenters. The number of thioether (sulfide) groups is 1. The molecule has 122 valence electrons. The Hall–Kier alpha value is -2.53. The fraction of sp³-hybridized carbons (Fsp3) is 0.158. The number of para-hydroxylation sites is 1. The highest BCUT2D eigenvalue weighted by Crippen LogP contribution is 2.26. The first-order valence-corrected chi connectivity index (χ1v) is 8.85. The Morgan fingerprint density at radius 1 is 1.08 bits per heavy atom. The van der Waals surface area contributed by atoms with E-state index in [0.717, 1.165) is 28.6 Å². The molecule has 0 fully saturated rings. The summed E-state index contributed by atoms with van der Waals surface area (Å²) in [5.74, 6) is 0.304. The van der Waals surface area contributed by atoms with Crippen LogP contribution in [0.1, 0.15) is 6.92 Å². The number of carbonyl (C=O) groups excluding carboxylic acids is 1. The van der Waals surface area contributed by atoms with Gasteiger partial charge in [-0.15, -0.1) is 0 Å². The summed E-state index contributed by atoms with van der Waals surface area (Å²) < 4.78 is 2.13. The highest BCUT2D eigenvalue weighted by atomic mass is 32.2. The predicted molar refractivity (Wildman–Crippen MR) is 99.1 cm³/mol. The fourth-order valence-corrected chi connectivity index (χ4v) is 3.31. The summed E-state index contributed by atoms with van der Waals surface area (Å²) >= 11 is 1.45. The van der Waals surface area contributed by atoms with Crippen molar-refractivity contribution in [2.75, 3.05) is 11.1 Å². The molecule has 3 aromatic rings. The molecular weight excluding hydrogens is 318 g/mol. The molecular formula is C19H19N3OS. The maximum atomic E-state index is 12.1. The van der Waals surface area contributed by atoms with Gasteiger partial charge in [0.25, 0.3) is 0 Å². The summed E-state index contributed by atoms with van der Waals surface area (Å²) in [7, 11) is 0. The van der Waals surface area contributed by atoms with Gasteiger partial charge < -0.3 is 9.88 Å². The molecule has 5 heteroatoms. The summed E-state index contributed by atoms with van der Waals surface area (Å²) in [6, 6.07) is 19.7. The molecule has 0 bridgehead atoms. The van der Waals surface area contributed by atoms with Crippen LogP contribution in [-0.2, 0) is 11.3 Å². The second-order valence-corrected chi connectivity index (χ2v) is 6.18. The molecule has 1 amide bonds. The topological polar surface area (TPSA) is 46.9 Å². The number of amides is 1. The van der Waals surface area contributed by atoms with Crippen molar-refractivity contribution in [3.63, 3.8) is 0 Å². The molecule has 24 heavy (non-hydrogen) atoms. The highest BCUT2D eigenvalue weighted by molar-refractivity contribution is 7.99. The molecule has 1 heterocycles. The number of imidazole rings is 1. The standard InChI is InChI=1S/C19H19N3OS/c1-2-22-17(15-9-5-3-6-10-15)13-20-19(22)24-14-18(23)21-16-11-7-4-8-12-16/h3-13H,2,14H2,1H3,(H,21,23). The lowest BCUT2D eigenvalue weighted by Crippen LogP contribution is -2.14. The van der Waals surface area contributed by atoms with Crippen LogP contribution in [0.5, 0.6) is 0 Å². The lowest BCUT2D eigenvalue weighted by Gasteiger charge is -2.09. The molecule has 1 N–H and O–H groups in total. The molecule has 0 radical (unpaired) electrons. The molecule has 0 spiro atoms. The summed E-state index contributed by atoms with van der Waals surface area (Å²) in [4.78, 5) is 16.6. The van der Waals surface area contributed by atoms with Crippen LogP contribution in [0.25, 0.3) is 11.3 Å². The molecule has 2 aromatic carbocycles. The lowest BCUT2D eigenvalue weighted by atomic mass is 10.2. The molecule has 0 saturated carbocycles. The quantitative estimate of drug-likeness (QED) is 0.682. The number of hydrogen-bond donors (Lipinski definition) is 1. The zero-order chi connectivity index (χ0) is 16.8. The van der Waals surface area contributed by atoms with Gasteiger partial charge in [-0.05, 0) is 24.6 Å². The number of benzene rings is 2. The summed E-state index contributed by atoms with van der Waals surface area (Å²) in [6.07, 6.45) is 1.87. The van der Waals surface area contributed by atoms with Crippen molar-refractivity contribution >= 4 is 23.4 Å². The first kappa shape index (κ1) is 16.3. The summed E-state index contributed by atoms with van der Waals surface area (Å²) in [6.45, 7) is 2.90. The van der Waals surface area contributed by atoms with Gasteiger partial charge in [0.15, 0.2) is 5.16 Å². The molecule has 0 saturated heterocycles. The normalized spacial score (nSPS) is 10.5. The molecule has 0 aliphatic heterocycles. The average molecular weight is 337 g/mol. The number of carbonyl (C=O) groups is 1. The molecule has 0 aliphatic carbocycles. The van der Waals surface area contributed by atoms with Gasteiger partial charge in [-0.2, -0.15) is 0 Å². The minimum absolute atomic E-state index is 0.0295. The van der Waals surface area contributed by atoms with Gasteiger partial charge in [-0.3, -0.25) is 4.79 Å². The Morgan fingerprint density at radius 3 is 2.42 bits per heavy atom. The van der Waals surface area contributed by atoms with E-state index >= 15 is 0 Å². The fourth-order valence-electron chi connectivity index (χ4n) is 2.47. The van der Waals surface area contributed by atoms with Crippen LogP contribution in [0.3, 0.4) is 0 Å². The van der Waals surface area contributed by atoms with Gasteiger partial charge in [0, 0.05) is 12.2 Å². The largest absolute Gasteiger partial charge is 0.325 e. The van der Waals surface area contributed by atoms with E-state index < -0.39 is 0 Å². The van der Waals surface area contributed by atoms with Crippen molar-refractivity contribution in [2.45, 2.75) is 18.6 Å². The Balaban J connectivity index is 1.67. The van der Waals surface area contributed by atoms with Crippen molar-refractivity contribution in [1.82, 2.24) is 9.55 Å². The second kappa shape index (κ2) is 7.84. The highest BCUT2D eigenvalue weighted by Gasteiger charge is 2.12. The number of hydrogen-bond acceptors (Lipinski definition) is 3. The zero-order valence-electron chi connectivity index (χ0n) is 13.5. The van der Waals surface area contributed by atoms with E-state index in [2.05, 4.69) is 33.9 Å². The van der Waals surface area contributed by atoms with Crippen LogP contribution in [-0.4, -0.2) is 21.2 Å². The number of anilines is 1. The van der Waals surface area contributed by atoms with E-state index in [1.54, 1.807) is 0 Å². The zero-order valence-corrected chi connectivity index (χ0v) is 14.3. The van der Waals surface area contributed by atoms with Crippen LogP contribution < -0.4 is 5.32 Å². The third-order valence-corrected chi connectivity index (χ3v) is 4.59.